The molecule has 1 saturated heterocycles. The summed E-state index contributed by atoms with van der Waals surface area (Å²) in [5.41, 5.74) is 3.22. The second kappa shape index (κ2) is 12.0. The number of hydrogen-bond donors (Lipinski definition) is 1. The highest BCUT2D eigenvalue weighted by atomic mass is 32.1. The summed E-state index contributed by atoms with van der Waals surface area (Å²) in [7, 11) is 1.65. The summed E-state index contributed by atoms with van der Waals surface area (Å²) in [5.74, 6) is 1.55. The van der Waals surface area contributed by atoms with Crippen LogP contribution in [-0.2, 0) is 17.9 Å². The van der Waals surface area contributed by atoms with Crippen LogP contribution in [0.2, 0.25) is 0 Å². The zero-order valence-corrected chi connectivity index (χ0v) is 20.6. The minimum atomic E-state index is 0.0761. The largest absolute Gasteiger partial charge is 0.493 e. The van der Waals surface area contributed by atoms with Crippen molar-refractivity contribution in [1.82, 2.24) is 20.1 Å². The van der Waals surface area contributed by atoms with Crippen LogP contribution in [0.25, 0.3) is 10.6 Å². The van der Waals surface area contributed by atoms with E-state index in [1.54, 1.807) is 18.4 Å². The van der Waals surface area contributed by atoms with Crippen molar-refractivity contribution in [1.29, 1.82) is 0 Å². The molecular formula is C26H32N4O3S. The quantitative estimate of drug-likeness (QED) is 0.478. The van der Waals surface area contributed by atoms with Crippen molar-refractivity contribution in [2.24, 2.45) is 0 Å². The van der Waals surface area contributed by atoms with Crippen LogP contribution in [0.3, 0.4) is 0 Å². The van der Waals surface area contributed by atoms with Gasteiger partial charge in [-0.1, -0.05) is 30.3 Å². The molecule has 2 heterocycles. The van der Waals surface area contributed by atoms with Crippen LogP contribution in [0.1, 0.15) is 18.2 Å². The van der Waals surface area contributed by atoms with E-state index in [1.807, 2.05) is 55.5 Å². The first-order valence-corrected chi connectivity index (χ1v) is 12.5. The monoisotopic (exact) mass is 480 g/mol. The molecule has 4 rings (SSSR count). The Labute approximate surface area is 205 Å². The minimum Gasteiger partial charge on any atom is -0.493 e. The number of benzene rings is 2. The van der Waals surface area contributed by atoms with E-state index in [0.29, 0.717) is 19.7 Å². The van der Waals surface area contributed by atoms with Gasteiger partial charge in [0.2, 0.25) is 5.91 Å². The lowest BCUT2D eigenvalue weighted by molar-refractivity contribution is -0.122. The number of thiazole rings is 1. The van der Waals surface area contributed by atoms with E-state index in [4.69, 9.17) is 14.5 Å². The molecule has 0 aliphatic carbocycles. The number of nitrogens with one attached hydrogen (secondary N) is 1. The van der Waals surface area contributed by atoms with E-state index < -0.39 is 0 Å². The number of methoxy groups -OCH3 is 1. The van der Waals surface area contributed by atoms with Gasteiger partial charge in [-0.3, -0.25) is 14.6 Å². The molecule has 2 aromatic carbocycles. The Morgan fingerprint density at radius 2 is 1.82 bits per heavy atom. The number of ether oxygens (including phenoxy) is 2. The van der Waals surface area contributed by atoms with Gasteiger partial charge in [0.1, 0.15) is 5.01 Å². The van der Waals surface area contributed by atoms with Gasteiger partial charge < -0.3 is 14.8 Å². The summed E-state index contributed by atoms with van der Waals surface area (Å²) in [5, 5.41) is 6.12. The van der Waals surface area contributed by atoms with E-state index >= 15 is 0 Å². The van der Waals surface area contributed by atoms with Gasteiger partial charge in [0.05, 0.1) is 26.0 Å². The molecule has 0 radical (unpaired) electrons. The standard InChI is InChI=1S/C26H32N4O3S/c1-3-33-23-10-9-21(15-24(23)32-2)26-28-22(19-34-26)17-29-11-13-30(14-12-29)18-25(31)27-16-20-7-5-4-6-8-20/h4-10,15,19H,3,11-14,16-18H2,1-2H3,(H,27,31). The van der Waals surface area contributed by atoms with Crippen LogP contribution in [0, 0.1) is 0 Å². The fraction of sp³-hybridized carbons (Fsp3) is 0.385. The van der Waals surface area contributed by atoms with Crippen LogP contribution in [-0.4, -0.2) is 67.1 Å². The first kappa shape index (κ1) is 24.2. The second-order valence-electron chi connectivity index (χ2n) is 8.26. The summed E-state index contributed by atoms with van der Waals surface area (Å²) in [6.07, 6.45) is 0. The fourth-order valence-electron chi connectivity index (χ4n) is 3.98. The molecule has 3 aromatic rings. The predicted molar refractivity (Wildman–Crippen MR) is 135 cm³/mol. The summed E-state index contributed by atoms with van der Waals surface area (Å²) in [4.78, 5) is 21.8. The number of aromatic nitrogens is 1. The van der Waals surface area contributed by atoms with Crippen molar-refractivity contribution >= 4 is 17.2 Å². The highest BCUT2D eigenvalue weighted by molar-refractivity contribution is 7.13. The first-order chi connectivity index (χ1) is 16.6. The van der Waals surface area contributed by atoms with Gasteiger partial charge in [0, 0.05) is 50.2 Å². The maximum absolute atomic E-state index is 12.3. The number of rotatable bonds is 10. The Morgan fingerprint density at radius 1 is 1.06 bits per heavy atom. The zero-order chi connectivity index (χ0) is 23.8. The average molecular weight is 481 g/mol. The van der Waals surface area contributed by atoms with Gasteiger partial charge in [-0.25, -0.2) is 4.98 Å². The summed E-state index contributed by atoms with van der Waals surface area (Å²) < 4.78 is 11.1. The van der Waals surface area contributed by atoms with E-state index in [-0.39, 0.29) is 5.91 Å². The predicted octanol–water partition coefficient (Wildman–Crippen LogP) is 3.65. The Kier molecular flexibility index (Phi) is 8.51. The number of amides is 1. The highest BCUT2D eigenvalue weighted by Crippen LogP contribution is 2.34. The maximum Gasteiger partial charge on any atom is 0.234 e. The lowest BCUT2D eigenvalue weighted by atomic mass is 10.2. The molecule has 1 fully saturated rings. The highest BCUT2D eigenvalue weighted by Gasteiger charge is 2.20. The number of carbonyl (C=O) groups excluding carboxylic acids is 1. The second-order valence-corrected chi connectivity index (χ2v) is 9.12. The van der Waals surface area contributed by atoms with Gasteiger partial charge in [-0.2, -0.15) is 0 Å². The van der Waals surface area contributed by atoms with Crippen LogP contribution >= 0.6 is 11.3 Å². The van der Waals surface area contributed by atoms with Gasteiger partial charge in [0.15, 0.2) is 11.5 Å². The van der Waals surface area contributed by atoms with E-state index in [2.05, 4.69) is 20.5 Å². The molecule has 0 bridgehead atoms. The smallest absolute Gasteiger partial charge is 0.234 e. The van der Waals surface area contributed by atoms with Crippen LogP contribution in [0.4, 0.5) is 0 Å². The third-order valence-electron chi connectivity index (χ3n) is 5.81. The number of piperazine rings is 1. The van der Waals surface area contributed by atoms with Crippen molar-refractivity contribution in [3.8, 4) is 22.1 Å². The molecule has 7 nitrogen and oxygen atoms in total. The van der Waals surface area contributed by atoms with Gasteiger partial charge in [0.25, 0.3) is 0 Å². The topological polar surface area (TPSA) is 66.9 Å². The van der Waals surface area contributed by atoms with Crippen LogP contribution < -0.4 is 14.8 Å². The third kappa shape index (κ3) is 6.56. The van der Waals surface area contributed by atoms with E-state index in [1.165, 1.54) is 0 Å². The molecule has 1 aromatic heterocycles. The van der Waals surface area contributed by atoms with Crippen molar-refractivity contribution < 1.29 is 14.3 Å². The SMILES string of the molecule is CCOc1ccc(-c2nc(CN3CCN(CC(=O)NCc4ccccc4)CC3)cs2)cc1OC. The molecule has 1 amide bonds. The van der Waals surface area contributed by atoms with Crippen LogP contribution in [0.5, 0.6) is 11.5 Å². The minimum absolute atomic E-state index is 0.0761. The summed E-state index contributed by atoms with van der Waals surface area (Å²) in [6.45, 7) is 8.01. The molecule has 0 saturated carbocycles. The fourth-order valence-corrected chi connectivity index (χ4v) is 4.79. The molecule has 8 heteroatoms. The van der Waals surface area contributed by atoms with Crippen molar-refractivity contribution in [3.63, 3.8) is 0 Å². The van der Waals surface area contributed by atoms with Crippen molar-refractivity contribution in [3.05, 3.63) is 65.2 Å². The number of carbonyl (C=O) groups is 1. The number of nitrogens with zero attached hydrogens (tertiary/aromatic N) is 3. The maximum atomic E-state index is 12.3. The first-order valence-electron chi connectivity index (χ1n) is 11.7. The normalized spacial score (nSPS) is 14.6. The molecule has 1 aliphatic rings. The van der Waals surface area contributed by atoms with Crippen molar-refractivity contribution in [2.75, 3.05) is 46.4 Å². The molecule has 1 aliphatic heterocycles. The van der Waals surface area contributed by atoms with E-state index in [9.17, 15) is 4.79 Å². The third-order valence-corrected chi connectivity index (χ3v) is 6.75. The zero-order valence-electron chi connectivity index (χ0n) is 19.8. The molecule has 0 atom stereocenters. The van der Waals surface area contributed by atoms with Gasteiger partial charge >= 0.3 is 0 Å². The van der Waals surface area contributed by atoms with E-state index in [0.717, 1.165) is 66.1 Å². The summed E-state index contributed by atoms with van der Waals surface area (Å²) >= 11 is 1.64. The Balaban J connectivity index is 1.24. The molecule has 180 valence electrons. The lowest BCUT2D eigenvalue weighted by Crippen LogP contribution is -2.49. The Hall–Kier alpha value is -2.94. The molecule has 0 spiro atoms. The Morgan fingerprint density at radius 3 is 2.56 bits per heavy atom. The van der Waals surface area contributed by atoms with Gasteiger partial charge in [-0.15, -0.1) is 11.3 Å². The van der Waals surface area contributed by atoms with Crippen LogP contribution in [0.15, 0.2) is 53.9 Å². The van der Waals surface area contributed by atoms with Crippen molar-refractivity contribution in [2.45, 2.75) is 20.0 Å². The molecule has 1 N–H and O–H groups in total. The van der Waals surface area contributed by atoms with Gasteiger partial charge in [-0.05, 0) is 30.7 Å². The molecule has 34 heavy (non-hydrogen) atoms. The molecule has 0 unspecified atom stereocenters. The number of hydrogen-bond acceptors (Lipinski definition) is 7. The Bertz CT molecular complexity index is 1060. The molecular weight excluding hydrogens is 448 g/mol. The average Bonchev–Trinajstić information content (AvgIpc) is 3.33. The lowest BCUT2D eigenvalue weighted by Gasteiger charge is -2.33. The summed E-state index contributed by atoms with van der Waals surface area (Å²) in [6, 6.07) is 15.9.